The molecule has 2 heteroatoms. The molecule has 0 radical (unpaired) electrons. The Hall–Kier alpha value is -0.0800. The van der Waals surface area contributed by atoms with E-state index in [1.165, 1.54) is 71.0 Å². The molecule has 0 aromatic heterocycles. The molecule has 1 fully saturated rings. The number of nitrogens with zero attached hydrogens (tertiary/aromatic N) is 1. The number of piperidine rings is 1. The molecular weight excluding hydrogens is 220 g/mol. The van der Waals surface area contributed by atoms with Gasteiger partial charge in [0.15, 0.2) is 0 Å². The third kappa shape index (κ3) is 6.19. The van der Waals surface area contributed by atoms with Gasteiger partial charge >= 0.3 is 0 Å². The lowest BCUT2D eigenvalue weighted by Crippen LogP contribution is -2.42. The molecule has 2 atom stereocenters. The molecule has 0 amide bonds. The number of rotatable bonds is 9. The molecule has 1 aliphatic rings. The summed E-state index contributed by atoms with van der Waals surface area (Å²) in [5, 5.41) is 3.69. The lowest BCUT2D eigenvalue weighted by molar-refractivity contribution is 0.174. The molecule has 1 aliphatic heterocycles. The summed E-state index contributed by atoms with van der Waals surface area (Å²) in [7, 11) is 0. The topological polar surface area (TPSA) is 15.3 Å². The molecule has 0 bridgehead atoms. The van der Waals surface area contributed by atoms with Crippen molar-refractivity contribution in [3.8, 4) is 0 Å². The van der Waals surface area contributed by atoms with Gasteiger partial charge in [-0.15, -0.1) is 0 Å². The van der Waals surface area contributed by atoms with E-state index in [1.54, 1.807) is 0 Å². The van der Waals surface area contributed by atoms with Gasteiger partial charge in [-0.2, -0.15) is 0 Å². The zero-order valence-corrected chi connectivity index (χ0v) is 12.9. The molecule has 1 rings (SSSR count). The fourth-order valence-corrected chi connectivity index (χ4v) is 2.96. The van der Waals surface area contributed by atoms with E-state index in [9.17, 15) is 0 Å². The van der Waals surface area contributed by atoms with Crippen molar-refractivity contribution >= 4 is 0 Å². The van der Waals surface area contributed by atoms with Crippen molar-refractivity contribution in [2.75, 3.05) is 19.6 Å². The molecule has 0 aliphatic carbocycles. The van der Waals surface area contributed by atoms with Crippen LogP contribution in [0.2, 0.25) is 0 Å². The van der Waals surface area contributed by atoms with Gasteiger partial charge in [0.2, 0.25) is 0 Å². The second-order valence-electron chi connectivity index (χ2n) is 5.97. The summed E-state index contributed by atoms with van der Waals surface area (Å²) in [5.74, 6) is 0. The first-order valence-electron chi connectivity index (χ1n) is 8.25. The Morgan fingerprint density at radius 2 is 1.78 bits per heavy atom. The molecule has 0 spiro atoms. The number of hydrogen-bond donors (Lipinski definition) is 1. The molecule has 0 saturated carbocycles. The summed E-state index contributed by atoms with van der Waals surface area (Å²) in [6, 6.07) is 1.53. The SMILES string of the molecule is CCCCN(CCCC)C(C)CC1CCCCN1. The third-order valence-electron chi connectivity index (χ3n) is 4.26. The molecule has 1 N–H and O–H groups in total. The van der Waals surface area contributed by atoms with Crippen LogP contribution in [-0.4, -0.2) is 36.6 Å². The van der Waals surface area contributed by atoms with E-state index >= 15 is 0 Å². The van der Waals surface area contributed by atoms with Gasteiger partial charge < -0.3 is 10.2 Å². The van der Waals surface area contributed by atoms with Crippen molar-refractivity contribution in [3.63, 3.8) is 0 Å². The minimum Gasteiger partial charge on any atom is -0.314 e. The van der Waals surface area contributed by atoms with E-state index in [-0.39, 0.29) is 0 Å². The Labute approximate surface area is 115 Å². The van der Waals surface area contributed by atoms with Crippen LogP contribution in [0.15, 0.2) is 0 Å². The minimum atomic E-state index is 0.749. The average Bonchev–Trinajstić information content (AvgIpc) is 2.40. The maximum absolute atomic E-state index is 3.69. The lowest BCUT2D eigenvalue weighted by Gasteiger charge is -2.33. The van der Waals surface area contributed by atoms with Gasteiger partial charge in [-0.3, -0.25) is 0 Å². The van der Waals surface area contributed by atoms with E-state index in [1.807, 2.05) is 0 Å². The summed E-state index contributed by atoms with van der Waals surface area (Å²) in [6.07, 6.45) is 10.9. The fourth-order valence-electron chi connectivity index (χ4n) is 2.96. The van der Waals surface area contributed by atoms with Crippen LogP contribution >= 0.6 is 0 Å². The van der Waals surface area contributed by atoms with Crippen molar-refractivity contribution in [2.24, 2.45) is 0 Å². The molecule has 0 aromatic rings. The number of unbranched alkanes of at least 4 members (excludes halogenated alkanes) is 2. The highest BCUT2D eigenvalue weighted by molar-refractivity contribution is 4.78. The van der Waals surface area contributed by atoms with Gasteiger partial charge in [0.25, 0.3) is 0 Å². The standard InChI is InChI=1S/C16H34N2/c1-4-6-12-18(13-7-5-2)15(3)14-16-10-8-9-11-17-16/h15-17H,4-14H2,1-3H3. The smallest absolute Gasteiger partial charge is 0.00818 e. The lowest BCUT2D eigenvalue weighted by atomic mass is 9.98. The zero-order valence-electron chi connectivity index (χ0n) is 12.9. The first kappa shape index (κ1) is 16.0. The van der Waals surface area contributed by atoms with E-state index < -0.39 is 0 Å². The number of hydrogen-bond acceptors (Lipinski definition) is 2. The predicted molar refractivity (Wildman–Crippen MR) is 81.1 cm³/mol. The molecule has 0 aromatic carbocycles. The van der Waals surface area contributed by atoms with Crippen LogP contribution in [0.3, 0.4) is 0 Å². The third-order valence-corrected chi connectivity index (χ3v) is 4.26. The van der Waals surface area contributed by atoms with Crippen LogP contribution in [-0.2, 0) is 0 Å². The van der Waals surface area contributed by atoms with E-state index in [2.05, 4.69) is 31.0 Å². The van der Waals surface area contributed by atoms with Gasteiger partial charge in [0, 0.05) is 12.1 Å². The Balaban J connectivity index is 2.33. The molecule has 18 heavy (non-hydrogen) atoms. The summed E-state index contributed by atoms with van der Waals surface area (Å²) in [6.45, 7) is 10.9. The van der Waals surface area contributed by atoms with Crippen LogP contribution in [0.5, 0.6) is 0 Å². The molecule has 108 valence electrons. The number of nitrogens with one attached hydrogen (secondary N) is 1. The Bertz CT molecular complexity index is 180. The van der Waals surface area contributed by atoms with E-state index in [0.717, 1.165) is 12.1 Å². The van der Waals surface area contributed by atoms with Crippen molar-refractivity contribution < 1.29 is 0 Å². The molecular formula is C16H34N2. The fraction of sp³-hybridized carbons (Fsp3) is 1.00. The van der Waals surface area contributed by atoms with Crippen molar-refractivity contribution in [1.29, 1.82) is 0 Å². The minimum absolute atomic E-state index is 0.749. The van der Waals surface area contributed by atoms with Gasteiger partial charge in [-0.1, -0.05) is 33.1 Å². The van der Waals surface area contributed by atoms with Crippen molar-refractivity contribution in [2.45, 2.75) is 84.2 Å². The monoisotopic (exact) mass is 254 g/mol. The second-order valence-corrected chi connectivity index (χ2v) is 5.97. The van der Waals surface area contributed by atoms with Crippen LogP contribution in [0.1, 0.15) is 72.1 Å². The normalized spacial score (nSPS) is 22.3. The highest BCUT2D eigenvalue weighted by Gasteiger charge is 2.19. The Morgan fingerprint density at radius 3 is 2.28 bits per heavy atom. The summed E-state index contributed by atoms with van der Waals surface area (Å²) < 4.78 is 0. The van der Waals surface area contributed by atoms with Gasteiger partial charge in [-0.05, 0) is 58.7 Å². The summed E-state index contributed by atoms with van der Waals surface area (Å²) in [4.78, 5) is 2.73. The summed E-state index contributed by atoms with van der Waals surface area (Å²) >= 11 is 0. The van der Waals surface area contributed by atoms with Crippen LogP contribution in [0.4, 0.5) is 0 Å². The zero-order chi connectivity index (χ0) is 13.2. The van der Waals surface area contributed by atoms with Crippen molar-refractivity contribution in [3.05, 3.63) is 0 Å². The largest absolute Gasteiger partial charge is 0.314 e. The Morgan fingerprint density at radius 1 is 1.11 bits per heavy atom. The Kier molecular flexibility index (Phi) is 8.70. The second kappa shape index (κ2) is 9.80. The predicted octanol–water partition coefficient (Wildman–Crippen LogP) is 3.81. The highest BCUT2D eigenvalue weighted by Crippen LogP contribution is 2.16. The quantitative estimate of drug-likeness (QED) is 0.673. The molecule has 1 saturated heterocycles. The van der Waals surface area contributed by atoms with Gasteiger partial charge in [-0.25, -0.2) is 0 Å². The highest BCUT2D eigenvalue weighted by atomic mass is 15.1. The van der Waals surface area contributed by atoms with Crippen molar-refractivity contribution in [1.82, 2.24) is 10.2 Å². The van der Waals surface area contributed by atoms with E-state index in [4.69, 9.17) is 0 Å². The van der Waals surface area contributed by atoms with Crippen LogP contribution in [0.25, 0.3) is 0 Å². The van der Waals surface area contributed by atoms with Gasteiger partial charge in [0.1, 0.15) is 0 Å². The maximum Gasteiger partial charge on any atom is 0.00818 e. The van der Waals surface area contributed by atoms with Gasteiger partial charge in [0.05, 0.1) is 0 Å². The first-order valence-corrected chi connectivity index (χ1v) is 8.25. The van der Waals surface area contributed by atoms with Crippen LogP contribution < -0.4 is 5.32 Å². The average molecular weight is 254 g/mol. The van der Waals surface area contributed by atoms with E-state index in [0.29, 0.717) is 0 Å². The molecule has 2 nitrogen and oxygen atoms in total. The maximum atomic E-state index is 3.69. The summed E-state index contributed by atoms with van der Waals surface area (Å²) in [5.41, 5.74) is 0. The first-order chi connectivity index (χ1) is 8.77. The van der Waals surface area contributed by atoms with Crippen LogP contribution in [0, 0.1) is 0 Å². The molecule has 2 unspecified atom stereocenters. The molecule has 1 heterocycles.